The largest absolute Gasteiger partial charge is 0.370 e. The number of pyridine rings is 1. The van der Waals surface area contributed by atoms with Crippen molar-refractivity contribution in [2.45, 2.75) is 64.1 Å². The van der Waals surface area contributed by atoms with E-state index in [-0.39, 0.29) is 0 Å². The van der Waals surface area contributed by atoms with E-state index in [2.05, 4.69) is 35.2 Å². The average molecular weight is 273 g/mol. The maximum absolute atomic E-state index is 4.35. The monoisotopic (exact) mass is 273 g/mol. The fraction of sp³-hybridized carbons (Fsp3) is 0.706. The minimum absolute atomic E-state index is 0.690. The number of hydrogen-bond acceptors (Lipinski definition) is 3. The molecule has 1 aromatic heterocycles. The second-order valence-electron chi connectivity index (χ2n) is 6.68. The molecule has 2 fully saturated rings. The van der Waals surface area contributed by atoms with E-state index >= 15 is 0 Å². The van der Waals surface area contributed by atoms with Gasteiger partial charge in [0.1, 0.15) is 0 Å². The minimum atomic E-state index is 0.690. The first-order chi connectivity index (χ1) is 9.74. The lowest BCUT2D eigenvalue weighted by atomic mass is 9.86. The van der Waals surface area contributed by atoms with Crippen LogP contribution in [0.3, 0.4) is 0 Å². The quantitative estimate of drug-likeness (QED) is 0.891. The summed E-state index contributed by atoms with van der Waals surface area (Å²) in [5, 5.41) is 3.62. The number of nitrogens with zero attached hydrogens (tertiary/aromatic N) is 2. The third-order valence-electron chi connectivity index (χ3n) is 4.96. The fourth-order valence-corrected chi connectivity index (χ4v) is 3.25. The maximum atomic E-state index is 4.35. The molecule has 2 saturated carbocycles. The van der Waals surface area contributed by atoms with E-state index in [0.717, 1.165) is 18.5 Å². The van der Waals surface area contributed by atoms with Crippen LogP contribution in [0.1, 0.15) is 51.0 Å². The van der Waals surface area contributed by atoms with Crippen LogP contribution in [-0.4, -0.2) is 24.1 Å². The van der Waals surface area contributed by atoms with Gasteiger partial charge in [-0.05, 0) is 56.1 Å². The van der Waals surface area contributed by atoms with Crippen LogP contribution in [0, 0.1) is 5.92 Å². The van der Waals surface area contributed by atoms with Crippen molar-refractivity contribution < 1.29 is 0 Å². The molecule has 0 atom stereocenters. The van der Waals surface area contributed by atoms with Crippen LogP contribution < -0.4 is 10.2 Å². The molecule has 0 amide bonds. The number of hydrogen-bond donors (Lipinski definition) is 1. The lowest BCUT2D eigenvalue weighted by Gasteiger charge is -2.35. The normalized spacial score (nSPS) is 26.5. The van der Waals surface area contributed by atoms with Crippen molar-refractivity contribution in [2.24, 2.45) is 5.92 Å². The summed E-state index contributed by atoms with van der Waals surface area (Å²) >= 11 is 0. The van der Waals surface area contributed by atoms with Gasteiger partial charge >= 0.3 is 0 Å². The Labute approximate surface area is 122 Å². The Morgan fingerprint density at radius 2 is 1.95 bits per heavy atom. The third-order valence-corrected chi connectivity index (χ3v) is 4.96. The van der Waals surface area contributed by atoms with Crippen molar-refractivity contribution in [3.8, 4) is 0 Å². The number of nitrogens with one attached hydrogen (secondary N) is 1. The summed E-state index contributed by atoms with van der Waals surface area (Å²) in [6.45, 7) is 3.36. The van der Waals surface area contributed by atoms with Gasteiger partial charge in [0, 0.05) is 31.9 Å². The first-order valence-electron chi connectivity index (χ1n) is 8.13. The van der Waals surface area contributed by atoms with E-state index in [9.17, 15) is 0 Å². The predicted molar refractivity (Wildman–Crippen MR) is 83.9 cm³/mol. The minimum Gasteiger partial charge on any atom is -0.370 e. The Morgan fingerprint density at radius 3 is 2.65 bits per heavy atom. The Morgan fingerprint density at radius 1 is 1.20 bits per heavy atom. The van der Waals surface area contributed by atoms with Gasteiger partial charge in [-0.1, -0.05) is 6.92 Å². The van der Waals surface area contributed by atoms with Crippen molar-refractivity contribution in [1.82, 2.24) is 10.3 Å². The first kappa shape index (κ1) is 13.9. The van der Waals surface area contributed by atoms with Gasteiger partial charge in [-0.2, -0.15) is 0 Å². The molecule has 3 heteroatoms. The van der Waals surface area contributed by atoms with Gasteiger partial charge in [0.2, 0.25) is 0 Å². The molecule has 0 radical (unpaired) electrons. The molecule has 20 heavy (non-hydrogen) atoms. The van der Waals surface area contributed by atoms with E-state index in [1.54, 1.807) is 0 Å². The zero-order valence-corrected chi connectivity index (χ0v) is 12.8. The van der Waals surface area contributed by atoms with Crippen LogP contribution in [0.5, 0.6) is 0 Å². The molecule has 2 aliphatic rings. The smallest absolute Gasteiger partial charge is 0.0598 e. The predicted octanol–water partition coefficient (Wildman–Crippen LogP) is 3.35. The SMILES string of the molecule is CC1CCC(N(C)c2cnccc2CNC2CC2)CC1. The van der Waals surface area contributed by atoms with Gasteiger partial charge in [-0.15, -0.1) is 0 Å². The van der Waals surface area contributed by atoms with Gasteiger partial charge in [0.15, 0.2) is 0 Å². The van der Waals surface area contributed by atoms with Crippen molar-refractivity contribution >= 4 is 5.69 Å². The van der Waals surface area contributed by atoms with E-state index in [1.165, 1.54) is 49.8 Å². The molecule has 110 valence electrons. The molecule has 0 aromatic carbocycles. The third kappa shape index (κ3) is 3.32. The molecular formula is C17H27N3. The molecule has 1 heterocycles. The lowest BCUT2D eigenvalue weighted by molar-refractivity contribution is 0.340. The van der Waals surface area contributed by atoms with Gasteiger partial charge in [-0.3, -0.25) is 4.98 Å². The summed E-state index contributed by atoms with van der Waals surface area (Å²) in [4.78, 5) is 6.82. The van der Waals surface area contributed by atoms with Crippen LogP contribution in [0.15, 0.2) is 18.5 Å². The number of aromatic nitrogens is 1. The Kier molecular flexibility index (Phi) is 4.25. The molecule has 0 bridgehead atoms. The zero-order chi connectivity index (χ0) is 13.9. The number of anilines is 1. The second kappa shape index (κ2) is 6.13. The summed E-state index contributed by atoms with van der Waals surface area (Å²) in [7, 11) is 2.25. The molecule has 0 aliphatic heterocycles. The molecule has 0 unspecified atom stereocenters. The molecule has 1 aromatic rings. The molecule has 3 nitrogen and oxygen atoms in total. The van der Waals surface area contributed by atoms with Crippen LogP contribution in [0.25, 0.3) is 0 Å². The highest BCUT2D eigenvalue weighted by Crippen LogP contribution is 2.30. The van der Waals surface area contributed by atoms with Crippen molar-refractivity contribution in [1.29, 1.82) is 0 Å². The van der Waals surface area contributed by atoms with Crippen molar-refractivity contribution in [3.63, 3.8) is 0 Å². The Hall–Kier alpha value is -1.09. The highest BCUT2D eigenvalue weighted by atomic mass is 15.1. The topological polar surface area (TPSA) is 28.2 Å². The van der Waals surface area contributed by atoms with Crippen LogP contribution in [0.4, 0.5) is 5.69 Å². The van der Waals surface area contributed by atoms with Gasteiger partial charge in [-0.25, -0.2) is 0 Å². The number of rotatable bonds is 5. The highest BCUT2D eigenvalue weighted by molar-refractivity contribution is 5.52. The summed E-state index contributed by atoms with van der Waals surface area (Å²) < 4.78 is 0. The van der Waals surface area contributed by atoms with Crippen LogP contribution >= 0.6 is 0 Å². The first-order valence-corrected chi connectivity index (χ1v) is 8.13. The van der Waals surface area contributed by atoms with E-state index in [1.807, 2.05) is 12.4 Å². The van der Waals surface area contributed by atoms with Gasteiger partial charge in [0.05, 0.1) is 11.9 Å². The van der Waals surface area contributed by atoms with E-state index < -0.39 is 0 Å². The fourth-order valence-electron chi connectivity index (χ4n) is 3.25. The zero-order valence-electron chi connectivity index (χ0n) is 12.8. The van der Waals surface area contributed by atoms with Gasteiger partial charge < -0.3 is 10.2 Å². The molecular weight excluding hydrogens is 246 g/mol. The summed E-state index contributed by atoms with van der Waals surface area (Å²) in [5.41, 5.74) is 2.72. The van der Waals surface area contributed by atoms with Crippen LogP contribution in [0.2, 0.25) is 0 Å². The molecule has 1 N–H and O–H groups in total. The van der Waals surface area contributed by atoms with E-state index in [0.29, 0.717) is 6.04 Å². The molecule has 2 aliphatic carbocycles. The second-order valence-corrected chi connectivity index (χ2v) is 6.68. The van der Waals surface area contributed by atoms with E-state index in [4.69, 9.17) is 0 Å². The van der Waals surface area contributed by atoms with Gasteiger partial charge in [0.25, 0.3) is 0 Å². The summed E-state index contributed by atoms with van der Waals surface area (Å²) in [5.74, 6) is 0.907. The summed E-state index contributed by atoms with van der Waals surface area (Å²) in [6.07, 6.45) is 12.0. The Balaban J connectivity index is 1.67. The lowest BCUT2D eigenvalue weighted by Crippen LogP contribution is -2.35. The maximum Gasteiger partial charge on any atom is 0.0598 e. The molecule has 0 spiro atoms. The highest BCUT2D eigenvalue weighted by Gasteiger charge is 2.24. The average Bonchev–Trinajstić information content (AvgIpc) is 3.30. The molecule has 0 saturated heterocycles. The van der Waals surface area contributed by atoms with Crippen molar-refractivity contribution in [2.75, 3.05) is 11.9 Å². The summed E-state index contributed by atoms with van der Waals surface area (Å²) in [6, 6.07) is 3.62. The van der Waals surface area contributed by atoms with Crippen LogP contribution in [-0.2, 0) is 6.54 Å². The van der Waals surface area contributed by atoms with Crippen molar-refractivity contribution in [3.05, 3.63) is 24.0 Å². The Bertz CT molecular complexity index is 434. The standard InChI is InChI=1S/C17H27N3/c1-13-3-7-16(8-4-13)20(2)17-12-18-10-9-14(17)11-19-15-5-6-15/h9-10,12-13,15-16,19H,3-8,11H2,1-2H3. The molecule has 3 rings (SSSR count).